The molecule has 4 atom stereocenters. The average Bonchev–Trinajstić information content (AvgIpc) is 3.08. The minimum absolute atomic E-state index is 0.118. The van der Waals surface area contributed by atoms with Crippen molar-refractivity contribution < 1.29 is 9.84 Å². The number of nitrogens with one attached hydrogen (secondary N) is 1. The molecular weight excluding hydrogens is 250 g/mol. The predicted molar refractivity (Wildman–Crippen MR) is 79.7 cm³/mol. The SMILES string of the molecule is OCCOCCNC1C[C@@H]2C[C@H]1C[C@@H]2c1ccccc1. The second kappa shape index (κ2) is 6.70. The van der Waals surface area contributed by atoms with E-state index in [4.69, 9.17) is 9.84 Å². The van der Waals surface area contributed by atoms with Gasteiger partial charge in [0.2, 0.25) is 0 Å². The lowest BCUT2D eigenvalue weighted by Gasteiger charge is -2.29. The maximum atomic E-state index is 8.66. The normalized spacial score (nSPS) is 31.9. The molecule has 3 rings (SSSR count). The lowest BCUT2D eigenvalue weighted by atomic mass is 9.81. The van der Waals surface area contributed by atoms with Gasteiger partial charge in [-0.3, -0.25) is 0 Å². The van der Waals surface area contributed by atoms with Gasteiger partial charge in [0, 0.05) is 12.6 Å². The zero-order valence-electron chi connectivity index (χ0n) is 12.0. The van der Waals surface area contributed by atoms with Gasteiger partial charge in [0.1, 0.15) is 0 Å². The van der Waals surface area contributed by atoms with Crippen LogP contribution in [-0.2, 0) is 4.74 Å². The molecule has 2 saturated carbocycles. The van der Waals surface area contributed by atoms with E-state index in [-0.39, 0.29) is 6.61 Å². The second-order valence-electron chi connectivity index (χ2n) is 6.14. The Balaban J connectivity index is 1.45. The van der Waals surface area contributed by atoms with Crippen LogP contribution in [0.2, 0.25) is 0 Å². The van der Waals surface area contributed by atoms with Crippen LogP contribution in [0.4, 0.5) is 0 Å². The first-order valence-corrected chi connectivity index (χ1v) is 7.85. The summed E-state index contributed by atoms with van der Waals surface area (Å²) in [5.74, 6) is 2.48. The van der Waals surface area contributed by atoms with Crippen molar-refractivity contribution in [3.8, 4) is 0 Å². The highest BCUT2D eigenvalue weighted by molar-refractivity contribution is 5.23. The van der Waals surface area contributed by atoms with E-state index in [1.54, 1.807) is 0 Å². The molecule has 1 unspecified atom stereocenters. The van der Waals surface area contributed by atoms with E-state index in [0.29, 0.717) is 19.3 Å². The fourth-order valence-electron chi connectivity index (χ4n) is 4.12. The highest BCUT2D eigenvalue weighted by Crippen LogP contribution is 2.52. The molecule has 0 amide bonds. The number of aliphatic hydroxyl groups excluding tert-OH is 1. The van der Waals surface area contributed by atoms with Crippen molar-refractivity contribution in [2.45, 2.75) is 31.2 Å². The third-order valence-electron chi connectivity index (χ3n) is 4.97. The first-order valence-electron chi connectivity index (χ1n) is 7.85. The lowest BCUT2D eigenvalue weighted by molar-refractivity contribution is 0.0912. The average molecular weight is 275 g/mol. The van der Waals surface area contributed by atoms with Crippen LogP contribution in [0.1, 0.15) is 30.7 Å². The molecule has 2 aliphatic carbocycles. The zero-order valence-corrected chi connectivity index (χ0v) is 12.0. The predicted octanol–water partition coefficient (Wildman–Crippen LogP) is 2.17. The molecule has 110 valence electrons. The summed E-state index contributed by atoms with van der Waals surface area (Å²) in [5, 5.41) is 12.3. The molecule has 2 N–H and O–H groups in total. The van der Waals surface area contributed by atoms with Gasteiger partial charge in [-0.15, -0.1) is 0 Å². The summed E-state index contributed by atoms with van der Waals surface area (Å²) >= 11 is 0. The molecule has 2 bridgehead atoms. The van der Waals surface area contributed by atoms with E-state index in [9.17, 15) is 0 Å². The van der Waals surface area contributed by atoms with Crippen molar-refractivity contribution >= 4 is 0 Å². The Morgan fingerprint density at radius 3 is 2.60 bits per heavy atom. The fraction of sp³-hybridized carbons (Fsp3) is 0.647. The van der Waals surface area contributed by atoms with Crippen molar-refractivity contribution in [2.75, 3.05) is 26.4 Å². The maximum Gasteiger partial charge on any atom is 0.0698 e. The Labute approximate surface area is 121 Å². The van der Waals surface area contributed by atoms with Crippen LogP contribution < -0.4 is 5.32 Å². The van der Waals surface area contributed by atoms with Gasteiger partial charge in [-0.05, 0) is 42.6 Å². The lowest BCUT2D eigenvalue weighted by Crippen LogP contribution is -2.37. The molecule has 2 aliphatic rings. The smallest absolute Gasteiger partial charge is 0.0698 e. The number of benzene rings is 1. The number of hydrogen-bond acceptors (Lipinski definition) is 3. The molecule has 20 heavy (non-hydrogen) atoms. The highest BCUT2D eigenvalue weighted by Gasteiger charge is 2.45. The second-order valence-corrected chi connectivity index (χ2v) is 6.14. The van der Waals surface area contributed by atoms with Gasteiger partial charge < -0.3 is 15.2 Å². The minimum atomic E-state index is 0.118. The number of aliphatic hydroxyl groups is 1. The van der Waals surface area contributed by atoms with Gasteiger partial charge in [-0.25, -0.2) is 0 Å². The Kier molecular flexibility index (Phi) is 4.71. The molecule has 3 heteroatoms. The summed E-state index contributed by atoms with van der Waals surface area (Å²) in [6, 6.07) is 11.7. The van der Waals surface area contributed by atoms with E-state index < -0.39 is 0 Å². The van der Waals surface area contributed by atoms with Crippen LogP contribution in [0.15, 0.2) is 30.3 Å². The van der Waals surface area contributed by atoms with E-state index in [2.05, 4.69) is 35.6 Å². The highest BCUT2D eigenvalue weighted by atomic mass is 16.5. The standard InChI is InChI=1S/C17H25NO2/c19-7-9-20-8-6-18-17-12-14-10-15(17)11-16(14)13-4-2-1-3-5-13/h1-5,14-19H,6-12H2/t14-,15-,16+,17?/m0/s1. The molecule has 2 fully saturated rings. The van der Waals surface area contributed by atoms with Crippen molar-refractivity contribution in [3.05, 3.63) is 35.9 Å². The van der Waals surface area contributed by atoms with Crippen LogP contribution in [0.5, 0.6) is 0 Å². The van der Waals surface area contributed by atoms with E-state index in [1.165, 1.54) is 24.8 Å². The summed E-state index contributed by atoms with van der Waals surface area (Å²) in [6.45, 7) is 2.18. The Morgan fingerprint density at radius 1 is 1.05 bits per heavy atom. The first-order chi connectivity index (χ1) is 9.88. The van der Waals surface area contributed by atoms with Gasteiger partial charge in [0.15, 0.2) is 0 Å². The number of hydrogen-bond donors (Lipinski definition) is 2. The Hall–Kier alpha value is -0.900. The molecule has 0 radical (unpaired) electrons. The largest absolute Gasteiger partial charge is 0.394 e. The van der Waals surface area contributed by atoms with Crippen molar-refractivity contribution in [3.63, 3.8) is 0 Å². The van der Waals surface area contributed by atoms with E-state index in [1.807, 2.05) is 0 Å². The van der Waals surface area contributed by atoms with Crippen LogP contribution in [0.3, 0.4) is 0 Å². The van der Waals surface area contributed by atoms with Crippen LogP contribution in [-0.4, -0.2) is 37.5 Å². The summed E-state index contributed by atoms with van der Waals surface area (Å²) < 4.78 is 5.30. The molecule has 0 saturated heterocycles. The van der Waals surface area contributed by atoms with Gasteiger partial charge in [0.25, 0.3) is 0 Å². The van der Waals surface area contributed by atoms with Gasteiger partial charge >= 0.3 is 0 Å². The summed E-state index contributed by atoms with van der Waals surface area (Å²) in [7, 11) is 0. The van der Waals surface area contributed by atoms with Crippen molar-refractivity contribution in [2.24, 2.45) is 11.8 Å². The van der Waals surface area contributed by atoms with E-state index in [0.717, 1.165) is 24.3 Å². The molecule has 0 heterocycles. The zero-order chi connectivity index (χ0) is 13.8. The van der Waals surface area contributed by atoms with Gasteiger partial charge in [-0.1, -0.05) is 30.3 Å². The van der Waals surface area contributed by atoms with Crippen molar-refractivity contribution in [1.29, 1.82) is 0 Å². The van der Waals surface area contributed by atoms with Crippen LogP contribution in [0.25, 0.3) is 0 Å². The van der Waals surface area contributed by atoms with E-state index >= 15 is 0 Å². The van der Waals surface area contributed by atoms with Gasteiger partial charge in [-0.2, -0.15) is 0 Å². The minimum Gasteiger partial charge on any atom is -0.394 e. The third-order valence-corrected chi connectivity index (χ3v) is 4.97. The molecule has 0 spiro atoms. The summed E-state index contributed by atoms with van der Waals surface area (Å²) in [6.07, 6.45) is 4.03. The molecule has 1 aromatic rings. The molecule has 3 nitrogen and oxygen atoms in total. The maximum absolute atomic E-state index is 8.66. The first kappa shape index (κ1) is 14.1. The molecule has 0 aliphatic heterocycles. The topological polar surface area (TPSA) is 41.5 Å². The molecular formula is C17H25NO2. The number of fused-ring (bicyclic) bond motifs is 2. The van der Waals surface area contributed by atoms with Crippen molar-refractivity contribution in [1.82, 2.24) is 5.32 Å². The van der Waals surface area contributed by atoms with Gasteiger partial charge in [0.05, 0.1) is 19.8 Å². The third kappa shape index (κ3) is 3.05. The Morgan fingerprint density at radius 2 is 1.90 bits per heavy atom. The van der Waals surface area contributed by atoms with Crippen LogP contribution in [0, 0.1) is 11.8 Å². The molecule has 1 aromatic carbocycles. The van der Waals surface area contributed by atoms with Crippen LogP contribution >= 0.6 is 0 Å². The monoisotopic (exact) mass is 275 g/mol. The molecule has 0 aromatic heterocycles. The quantitative estimate of drug-likeness (QED) is 0.749. The summed E-state index contributed by atoms with van der Waals surface area (Å²) in [5.41, 5.74) is 1.53. The Bertz CT molecular complexity index is 409. The number of ether oxygens (including phenoxy) is 1. The number of rotatable bonds is 7. The summed E-state index contributed by atoms with van der Waals surface area (Å²) in [4.78, 5) is 0. The fourth-order valence-corrected chi connectivity index (χ4v) is 4.12.